The van der Waals surface area contributed by atoms with Crippen LogP contribution in [-0.4, -0.2) is 24.1 Å². The lowest BCUT2D eigenvalue weighted by atomic mass is 9.85. The van der Waals surface area contributed by atoms with Crippen molar-refractivity contribution in [2.24, 2.45) is 17.8 Å². The third-order valence-corrected chi connectivity index (χ3v) is 3.58. The molecule has 110 valence electrons. The van der Waals surface area contributed by atoms with Crippen molar-refractivity contribution in [3.63, 3.8) is 0 Å². The topological polar surface area (TPSA) is 52.6 Å². The zero-order valence-electron chi connectivity index (χ0n) is 12.7. The number of ether oxygens (including phenoxy) is 2. The van der Waals surface area contributed by atoms with E-state index >= 15 is 0 Å². The molecule has 19 heavy (non-hydrogen) atoms. The highest BCUT2D eigenvalue weighted by molar-refractivity contribution is 5.77. The first kappa shape index (κ1) is 16.0. The maximum Gasteiger partial charge on any atom is 0.309 e. The van der Waals surface area contributed by atoms with Gasteiger partial charge < -0.3 is 9.47 Å². The van der Waals surface area contributed by atoms with E-state index in [1.807, 2.05) is 27.7 Å². The number of esters is 2. The van der Waals surface area contributed by atoms with Crippen molar-refractivity contribution in [1.29, 1.82) is 0 Å². The Morgan fingerprint density at radius 1 is 1.26 bits per heavy atom. The van der Waals surface area contributed by atoms with Gasteiger partial charge in [-0.2, -0.15) is 0 Å². The Morgan fingerprint density at radius 3 is 2.42 bits per heavy atom. The average molecular weight is 270 g/mol. The van der Waals surface area contributed by atoms with E-state index in [4.69, 9.17) is 9.47 Å². The van der Waals surface area contributed by atoms with Gasteiger partial charge in [0.25, 0.3) is 0 Å². The van der Waals surface area contributed by atoms with Crippen LogP contribution >= 0.6 is 0 Å². The van der Waals surface area contributed by atoms with Crippen LogP contribution in [0.25, 0.3) is 0 Å². The molecule has 0 bridgehead atoms. The quantitative estimate of drug-likeness (QED) is 0.737. The summed E-state index contributed by atoms with van der Waals surface area (Å²) >= 11 is 0. The maximum atomic E-state index is 12.1. The molecule has 1 aliphatic carbocycles. The van der Waals surface area contributed by atoms with Gasteiger partial charge >= 0.3 is 11.9 Å². The SMILES string of the molecule is CCOC(=O)[C@@H]1CCC[C@H]1[C@H](C)C(=O)OC(C)(C)C. The molecule has 0 aliphatic heterocycles. The number of hydrogen-bond donors (Lipinski definition) is 0. The minimum atomic E-state index is -0.483. The molecule has 0 spiro atoms. The van der Waals surface area contributed by atoms with E-state index < -0.39 is 5.60 Å². The number of hydrogen-bond acceptors (Lipinski definition) is 4. The minimum Gasteiger partial charge on any atom is -0.466 e. The second-order valence-electron chi connectivity index (χ2n) is 6.28. The summed E-state index contributed by atoms with van der Waals surface area (Å²) in [5, 5.41) is 0. The maximum absolute atomic E-state index is 12.1. The molecule has 0 aromatic rings. The first-order chi connectivity index (χ1) is 8.76. The highest BCUT2D eigenvalue weighted by Crippen LogP contribution is 2.38. The molecule has 0 saturated heterocycles. The van der Waals surface area contributed by atoms with E-state index in [1.165, 1.54) is 0 Å². The predicted molar refractivity (Wildman–Crippen MR) is 72.5 cm³/mol. The van der Waals surface area contributed by atoms with Gasteiger partial charge in [-0.15, -0.1) is 0 Å². The summed E-state index contributed by atoms with van der Waals surface area (Å²) < 4.78 is 10.5. The highest BCUT2D eigenvalue weighted by atomic mass is 16.6. The lowest BCUT2D eigenvalue weighted by Gasteiger charge is -2.27. The van der Waals surface area contributed by atoms with Crippen molar-refractivity contribution in [1.82, 2.24) is 0 Å². The first-order valence-corrected chi connectivity index (χ1v) is 7.15. The van der Waals surface area contributed by atoms with Crippen molar-refractivity contribution >= 4 is 11.9 Å². The van der Waals surface area contributed by atoms with Gasteiger partial charge in [-0.25, -0.2) is 0 Å². The fourth-order valence-corrected chi connectivity index (χ4v) is 2.70. The molecule has 0 amide bonds. The summed E-state index contributed by atoms with van der Waals surface area (Å²) in [6.45, 7) is 9.62. The summed E-state index contributed by atoms with van der Waals surface area (Å²) in [6, 6.07) is 0. The van der Waals surface area contributed by atoms with Crippen LogP contribution in [0.15, 0.2) is 0 Å². The Bertz CT molecular complexity index is 330. The second kappa shape index (κ2) is 6.40. The van der Waals surface area contributed by atoms with Crippen LogP contribution in [0.5, 0.6) is 0 Å². The highest BCUT2D eigenvalue weighted by Gasteiger charge is 2.41. The average Bonchev–Trinajstić information content (AvgIpc) is 2.74. The van der Waals surface area contributed by atoms with Gasteiger partial charge in [0.05, 0.1) is 18.4 Å². The van der Waals surface area contributed by atoms with Gasteiger partial charge in [0, 0.05) is 0 Å². The summed E-state index contributed by atoms with van der Waals surface area (Å²) in [5.41, 5.74) is -0.483. The lowest BCUT2D eigenvalue weighted by molar-refractivity contribution is -0.163. The molecule has 4 heteroatoms. The van der Waals surface area contributed by atoms with Crippen LogP contribution in [0.4, 0.5) is 0 Å². The first-order valence-electron chi connectivity index (χ1n) is 7.15. The fourth-order valence-electron chi connectivity index (χ4n) is 2.70. The molecule has 0 aromatic carbocycles. The van der Waals surface area contributed by atoms with E-state index in [9.17, 15) is 9.59 Å². The summed E-state index contributed by atoms with van der Waals surface area (Å²) in [4.78, 5) is 24.0. The van der Waals surface area contributed by atoms with Crippen LogP contribution in [0.3, 0.4) is 0 Å². The molecular weight excluding hydrogens is 244 g/mol. The van der Waals surface area contributed by atoms with E-state index in [1.54, 1.807) is 6.92 Å². The Kier molecular flexibility index (Phi) is 5.39. The zero-order chi connectivity index (χ0) is 14.6. The summed E-state index contributed by atoms with van der Waals surface area (Å²) in [7, 11) is 0. The molecule has 1 saturated carbocycles. The monoisotopic (exact) mass is 270 g/mol. The van der Waals surface area contributed by atoms with Crippen molar-refractivity contribution < 1.29 is 19.1 Å². The van der Waals surface area contributed by atoms with Gasteiger partial charge in [-0.1, -0.05) is 13.3 Å². The van der Waals surface area contributed by atoms with Gasteiger partial charge in [0.15, 0.2) is 0 Å². The molecule has 0 heterocycles. The van der Waals surface area contributed by atoms with E-state index in [2.05, 4.69) is 0 Å². The smallest absolute Gasteiger partial charge is 0.309 e. The summed E-state index contributed by atoms with van der Waals surface area (Å²) in [6.07, 6.45) is 2.68. The Hall–Kier alpha value is -1.06. The van der Waals surface area contributed by atoms with E-state index in [0.717, 1.165) is 19.3 Å². The molecule has 1 rings (SSSR count). The predicted octanol–water partition coefficient (Wildman–Crippen LogP) is 2.94. The Balaban J connectivity index is 2.67. The van der Waals surface area contributed by atoms with E-state index in [-0.39, 0.29) is 29.7 Å². The molecule has 3 atom stereocenters. The zero-order valence-corrected chi connectivity index (χ0v) is 12.7. The molecule has 4 nitrogen and oxygen atoms in total. The lowest BCUT2D eigenvalue weighted by Crippen LogP contribution is -2.34. The van der Waals surface area contributed by atoms with Crippen molar-refractivity contribution in [3.8, 4) is 0 Å². The van der Waals surface area contributed by atoms with Crippen LogP contribution in [0.1, 0.15) is 53.9 Å². The summed E-state index contributed by atoms with van der Waals surface area (Å²) in [5.74, 6) is -0.735. The van der Waals surface area contributed by atoms with Gasteiger partial charge in [-0.3, -0.25) is 9.59 Å². The molecule has 1 fully saturated rings. The molecule has 0 aromatic heterocycles. The van der Waals surface area contributed by atoms with Gasteiger partial charge in [-0.05, 0) is 46.5 Å². The molecule has 0 N–H and O–H groups in total. The second-order valence-corrected chi connectivity index (χ2v) is 6.28. The fraction of sp³-hybridized carbons (Fsp3) is 0.867. The van der Waals surface area contributed by atoms with Crippen molar-refractivity contribution in [2.75, 3.05) is 6.61 Å². The van der Waals surface area contributed by atoms with Gasteiger partial charge in [0.1, 0.15) is 5.60 Å². The normalized spacial score (nSPS) is 24.9. The number of carbonyl (C=O) groups excluding carboxylic acids is 2. The standard InChI is InChI=1S/C15H26O4/c1-6-18-14(17)12-9-7-8-11(12)10(2)13(16)19-15(3,4)5/h10-12H,6-9H2,1-5H3/t10-,11-,12+/m0/s1. The largest absolute Gasteiger partial charge is 0.466 e. The molecular formula is C15H26O4. The number of rotatable bonds is 4. The minimum absolute atomic E-state index is 0.0499. The van der Waals surface area contributed by atoms with Crippen LogP contribution < -0.4 is 0 Å². The molecule has 1 aliphatic rings. The Labute approximate surface area is 115 Å². The Morgan fingerprint density at radius 2 is 1.89 bits per heavy atom. The van der Waals surface area contributed by atoms with E-state index in [0.29, 0.717) is 6.61 Å². The molecule has 0 unspecified atom stereocenters. The third-order valence-electron chi connectivity index (χ3n) is 3.58. The van der Waals surface area contributed by atoms with Crippen molar-refractivity contribution in [2.45, 2.75) is 59.5 Å². The third kappa shape index (κ3) is 4.51. The number of carbonyl (C=O) groups is 2. The van der Waals surface area contributed by atoms with Crippen LogP contribution in [0.2, 0.25) is 0 Å². The van der Waals surface area contributed by atoms with Gasteiger partial charge in [0.2, 0.25) is 0 Å². The van der Waals surface area contributed by atoms with Crippen LogP contribution in [0, 0.1) is 17.8 Å². The van der Waals surface area contributed by atoms with Crippen molar-refractivity contribution in [3.05, 3.63) is 0 Å². The van der Waals surface area contributed by atoms with Crippen LogP contribution in [-0.2, 0) is 19.1 Å². The molecule has 0 radical (unpaired) electrons.